The summed E-state index contributed by atoms with van der Waals surface area (Å²) in [6, 6.07) is 18.3. The van der Waals surface area contributed by atoms with Crippen molar-refractivity contribution < 1.29 is 5.11 Å². The second kappa shape index (κ2) is 4.94. The van der Waals surface area contributed by atoms with E-state index in [1.807, 2.05) is 42.5 Å². The summed E-state index contributed by atoms with van der Waals surface area (Å²) < 4.78 is 0. The zero-order valence-electron chi connectivity index (χ0n) is 10.1. The Kier molecular flexibility index (Phi) is 3.55. The molecule has 0 atom stereocenters. The normalized spacial score (nSPS) is 11.5. The third kappa shape index (κ3) is 3.35. The first-order chi connectivity index (χ1) is 8.05. The highest BCUT2D eigenvalue weighted by molar-refractivity contribution is 7.99. The lowest BCUT2D eigenvalue weighted by Gasteiger charge is -2.17. The van der Waals surface area contributed by atoms with Crippen molar-refractivity contribution >= 4 is 11.8 Å². The Morgan fingerprint density at radius 1 is 0.824 bits per heavy atom. The van der Waals surface area contributed by atoms with Crippen LogP contribution in [0.4, 0.5) is 0 Å². The largest absolute Gasteiger partial charge is 0.386 e. The average Bonchev–Trinajstić information content (AvgIpc) is 2.30. The minimum absolute atomic E-state index is 0.768. The summed E-state index contributed by atoms with van der Waals surface area (Å²) in [5, 5.41) is 9.86. The maximum atomic E-state index is 9.86. The molecule has 17 heavy (non-hydrogen) atoms. The molecule has 0 fully saturated rings. The van der Waals surface area contributed by atoms with Crippen LogP contribution in [0.3, 0.4) is 0 Å². The van der Waals surface area contributed by atoms with Crippen molar-refractivity contribution in [2.75, 3.05) is 0 Å². The Bertz CT molecular complexity index is 469. The number of benzene rings is 2. The van der Waals surface area contributed by atoms with Gasteiger partial charge in [0, 0.05) is 9.79 Å². The van der Waals surface area contributed by atoms with Gasteiger partial charge in [0.2, 0.25) is 0 Å². The molecule has 2 aromatic rings. The third-order valence-electron chi connectivity index (χ3n) is 2.54. The fourth-order valence-corrected chi connectivity index (χ4v) is 2.39. The van der Waals surface area contributed by atoms with Gasteiger partial charge in [-0.25, -0.2) is 0 Å². The van der Waals surface area contributed by atoms with Crippen LogP contribution in [0.15, 0.2) is 64.4 Å². The molecular weight excluding hydrogens is 228 g/mol. The molecule has 0 aromatic heterocycles. The van der Waals surface area contributed by atoms with Gasteiger partial charge in [-0.3, -0.25) is 0 Å². The van der Waals surface area contributed by atoms with E-state index in [0.29, 0.717) is 0 Å². The van der Waals surface area contributed by atoms with Crippen molar-refractivity contribution in [3.63, 3.8) is 0 Å². The second-order valence-corrected chi connectivity index (χ2v) is 5.65. The van der Waals surface area contributed by atoms with Gasteiger partial charge in [0.15, 0.2) is 0 Å². The van der Waals surface area contributed by atoms with Gasteiger partial charge in [0.05, 0.1) is 5.60 Å². The van der Waals surface area contributed by atoms with Gasteiger partial charge in [-0.2, -0.15) is 0 Å². The van der Waals surface area contributed by atoms with E-state index in [1.165, 1.54) is 9.79 Å². The van der Waals surface area contributed by atoms with Crippen molar-refractivity contribution in [3.05, 3.63) is 60.2 Å². The van der Waals surface area contributed by atoms with Crippen LogP contribution in [0.25, 0.3) is 0 Å². The second-order valence-electron chi connectivity index (χ2n) is 4.50. The van der Waals surface area contributed by atoms with Crippen LogP contribution < -0.4 is 0 Å². The van der Waals surface area contributed by atoms with Crippen molar-refractivity contribution in [2.45, 2.75) is 29.2 Å². The monoisotopic (exact) mass is 244 g/mol. The molecule has 0 aliphatic carbocycles. The number of aliphatic hydroxyl groups is 1. The Hall–Kier alpha value is -1.25. The number of hydrogen-bond donors (Lipinski definition) is 1. The molecule has 0 aliphatic heterocycles. The van der Waals surface area contributed by atoms with E-state index in [-0.39, 0.29) is 0 Å². The number of hydrogen-bond acceptors (Lipinski definition) is 2. The first-order valence-electron chi connectivity index (χ1n) is 5.61. The van der Waals surface area contributed by atoms with Crippen LogP contribution in [0.5, 0.6) is 0 Å². The zero-order chi connectivity index (χ0) is 12.3. The van der Waals surface area contributed by atoms with Gasteiger partial charge in [0.25, 0.3) is 0 Å². The molecule has 0 unspecified atom stereocenters. The van der Waals surface area contributed by atoms with E-state index in [1.54, 1.807) is 25.6 Å². The van der Waals surface area contributed by atoms with E-state index in [9.17, 15) is 5.11 Å². The summed E-state index contributed by atoms with van der Waals surface area (Å²) in [5.41, 5.74) is 0.172. The van der Waals surface area contributed by atoms with Crippen LogP contribution in [0, 0.1) is 0 Å². The quantitative estimate of drug-likeness (QED) is 0.878. The maximum absolute atomic E-state index is 9.86. The van der Waals surface area contributed by atoms with E-state index < -0.39 is 5.60 Å². The first kappa shape index (κ1) is 12.2. The van der Waals surface area contributed by atoms with Crippen LogP contribution in [0.2, 0.25) is 0 Å². The van der Waals surface area contributed by atoms with E-state index in [2.05, 4.69) is 12.1 Å². The van der Waals surface area contributed by atoms with Gasteiger partial charge in [0.1, 0.15) is 0 Å². The fraction of sp³-hybridized carbons (Fsp3) is 0.200. The Balaban J connectivity index is 2.14. The van der Waals surface area contributed by atoms with Crippen LogP contribution in [-0.2, 0) is 5.60 Å². The maximum Gasteiger partial charge on any atom is 0.0840 e. The molecule has 1 N–H and O–H groups in total. The molecule has 0 heterocycles. The van der Waals surface area contributed by atoms with E-state index in [4.69, 9.17) is 0 Å². The lowest BCUT2D eigenvalue weighted by atomic mass is 9.99. The summed E-state index contributed by atoms with van der Waals surface area (Å²) >= 11 is 1.73. The molecule has 88 valence electrons. The van der Waals surface area contributed by atoms with Gasteiger partial charge in [-0.05, 0) is 43.7 Å². The standard InChI is InChI=1S/C15H16OS/c1-15(2,16)12-8-10-14(11-9-12)17-13-6-4-3-5-7-13/h3-11,16H,1-2H3. The molecule has 0 aliphatic rings. The van der Waals surface area contributed by atoms with E-state index >= 15 is 0 Å². The lowest BCUT2D eigenvalue weighted by molar-refractivity contribution is 0.0785. The summed E-state index contributed by atoms with van der Waals surface area (Å²) in [6.45, 7) is 3.60. The molecule has 0 radical (unpaired) electrons. The highest BCUT2D eigenvalue weighted by Crippen LogP contribution is 2.29. The summed E-state index contributed by atoms with van der Waals surface area (Å²) in [7, 11) is 0. The lowest BCUT2D eigenvalue weighted by Crippen LogP contribution is -2.14. The van der Waals surface area contributed by atoms with Crippen molar-refractivity contribution in [1.82, 2.24) is 0 Å². The molecule has 2 rings (SSSR count). The Morgan fingerprint density at radius 2 is 1.35 bits per heavy atom. The van der Waals surface area contributed by atoms with Crippen molar-refractivity contribution in [1.29, 1.82) is 0 Å². The highest BCUT2D eigenvalue weighted by atomic mass is 32.2. The predicted molar refractivity (Wildman–Crippen MR) is 72.3 cm³/mol. The van der Waals surface area contributed by atoms with Gasteiger partial charge in [-0.1, -0.05) is 42.1 Å². The molecule has 0 saturated heterocycles. The number of rotatable bonds is 3. The average molecular weight is 244 g/mol. The molecule has 0 saturated carbocycles. The summed E-state index contributed by atoms with van der Waals surface area (Å²) in [5.74, 6) is 0. The molecule has 0 spiro atoms. The topological polar surface area (TPSA) is 20.2 Å². The van der Waals surface area contributed by atoms with Crippen LogP contribution in [0.1, 0.15) is 19.4 Å². The minimum Gasteiger partial charge on any atom is -0.386 e. The van der Waals surface area contributed by atoms with Crippen LogP contribution in [-0.4, -0.2) is 5.11 Å². The zero-order valence-corrected chi connectivity index (χ0v) is 10.9. The molecule has 1 nitrogen and oxygen atoms in total. The Labute approximate surface area is 107 Å². The summed E-state index contributed by atoms with van der Waals surface area (Å²) in [4.78, 5) is 2.41. The SMILES string of the molecule is CC(C)(O)c1ccc(Sc2ccccc2)cc1. The van der Waals surface area contributed by atoms with Gasteiger partial charge >= 0.3 is 0 Å². The first-order valence-corrected chi connectivity index (χ1v) is 6.43. The Morgan fingerprint density at radius 3 is 1.88 bits per heavy atom. The fourth-order valence-electron chi connectivity index (χ4n) is 1.56. The molecule has 2 aromatic carbocycles. The predicted octanol–water partition coefficient (Wildman–Crippen LogP) is 4.07. The molecule has 0 amide bonds. The summed E-state index contributed by atoms with van der Waals surface area (Å²) in [6.07, 6.45) is 0. The van der Waals surface area contributed by atoms with E-state index in [0.717, 1.165) is 5.56 Å². The smallest absolute Gasteiger partial charge is 0.0840 e. The molecule has 0 bridgehead atoms. The van der Waals surface area contributed by atoms with Crippen LogP contribution >= 0.6 is 11.8 Å². The van der Waals surface area contributed by atoms with Gasteiger partial charge in [-0.15, -0.1) is 0 Å². The third-order valence-corrected chi connectivity index (χ3v) is 3.56. The van der Waals surface area contributed by atoms with Crippen molar-refractivity contribution in [2.24, 2.45) is 0 Å². The van der Waals surface area contributed by atoms with Crippen molar-refractivity contribution in [3.8, 4) is 0 Å². The molecule has 2 heteroatoms. The molecular formula is C15H16OS. The van der Waals surface area contributed by atoms with Gasteiger partial charge < -0.3 is 5.11 Å². The minimum atomic E-state index is -0.768. The highest BCUT2D eigenvalue weighted by Gasteiger charge is 2.14.